The summed E-state index contributed by atoms with van der Waals surface area (Å²) in [6.07, 6.45) is 0.329. The van der Waals surface area contributed by atoms with Crippen LogP contribution in [0.2, 0.25) is 0 Å². The Kier molecular flexibility index (Phi) is 7.05. The van der Waals surface area contributed by atoms with E-state index in [1.54, 1.807) is 6.92 Å². The van der Waals surface area contributed by atoms with Crippen LogP contribution in [0.15, 0.2) is 0 Å². The first-order valence-corrected chi connectivity index (χ1v) is 2.22. The summed E-state index contributed by atoms with van der Waals surface area (Å²) in [5.74, 6) is -0.637. The van der Waals surface area contributed by atoms with Gasteiger partial charge in [0.05, 0.1) is 0 Å². The number of carbonyl (C=O) groups excluding carboxylic acids is 2. The van der Waals surface area contributed by atoms with Crippen LogP contribution in [0.3, 0.4) is 0 Å². The van der Waals surface area contributed by atoms with Crippen LogP contribution < -0.4 is 0 Å². The Morgan fingerprint density at radius 1 is 1.38 bits per heavy atom. The van der Waals surface area contributed by atoms with E-state index in [-0.39, 0.29) is 32.6 Å². The summed E-state index contributed by atoms with van der Waals surface area (Å²) in [6.45, 7) is 2.95. The van der Waals surface area contributed by atoms with Crippen molar-refractivity contribution in [2.24, 2.45) is 0 Å². The molecule has 0 aromatic heterocycles. The van der Waals surface area contributed by atoms with Gasteiger partial charge in [-0.1, -0.05) is 6.92 Å². The normalized spacial score (nSPS) is 7.25. The number of carbonyl (C=O) groups is 2. The molecule has 0 aromatic carbocycles. The van der Waals surface area contributed by atoms with E-state index in [1.165, 1.54) is 6.92 Å². The fourth-order valence-electron chi connectivity index (χ4n) is 0.249. The van der Waals surface area contributed by atoms with Crippen LogP contribution in [-0.2, 0) is 30.7 Å². The molecular weight excluding hydrogens is 188 g/mol. The SMILES string of the molecule is CCC(=O)C(C)=O.[Mo]. The topological polar surface area (TPSA) is 34.1 Å². The molecule has 0 atom stereocenters. The van der Waals surface area contributed by atoms with Gasteiger partial charge in [-0.2, -0.15) is 0 Å². The van der Waals surface area contributed by atoms with Gasteiger partial charge in [0.25, 0.3) is 0 Å². The van der Waals surface area contributed by atoms with Crippen molar-refractivity contribution in [1.82, 2.24) is 0 Å². The van der Waals surface area contributed by atoms with Crippen molar-refractivity contribution in [2.75, 3.05) is 0 Å². The van der Waals surface area contributed by atoms with Gasteiger partial charge >= 0.3 is 0 Å². The Morgan fingerprint density at radius 3 is 1.75 bits per heavy atom. The number of ketones is 2. The summed E-state index contributed by atoms with van der Waals surface area (Å²) in [7, 11) is 0. The van der Waals surface area contributed by atoms with E-state index in [0.717, 1.165) is 0 Å². The fourth-order valence-corrected chi connectivity index (χ4v) is 0.249. The molecule has 0 amide bonds. The second-order valence-corrected chi connectivity index (χ2v) is 1.33. The van der Waals surface area contributed by atoms with E-state index in [1.807, 2.05) is 0 Å². The number of Topliss-reactive ketones (excluding diaryl/α,β-unsaturated/α-hetero) is 2. The van der Waals surface area contributed by atoms with Gasteiger partial charge in [0.2, 0.25) is 0 Å². The second-order valence-electron chi connectivity index (χ2n) is 1.33. The van der Waals surface area contributed by atoms with E-state index in [2.05, 4.69) is 0 Å². The van der Waals surface area contributed by atoms with Crippen LogP contribution in [0, 0.1) is 0 Å². The smallest absolute Gasteiger partial charge is 0.197 e. The molecule has 0 bridgehead atoms. The van der Waals surface area contributed by atoms with Gasteiger partial charge < -0.3 is 0 Å². The molecule has 0 aliphatic carbocycles. The molecule has 0 heterocycles. The molecule has 0 saturated carbocycles. The summed E-state index contributed by atoms with van der Waals surface area (Å²) < 4.78 is 0. The summed E-state index contributed by atoms with van der Waals surface area (Å²) >= 11 is 0. The summed E-state index contributed by atoms with van der Waals surface area (Å²) in [5, 5.41) is 0. The molecule has 0 N–H and O–H groups in total. The van der Waals surface area contributed by atoms with Crippen molar-refractivity contribution in [3.63, 3.8) is 0 Å². The molecular formula is C5H8MoO2. The van der Waals surface area contributed by atoms with Crippen LogP contribution in [0.4, 0.5) is 0 Å². The number of hydrogen-bond acceptors (Lipinski definition) is 2. The quantitative estimate of drug-likeness (QED) is 0.477. The molecule has 8 heavy (non-hydrogen) atoms. The molecule has 0 fully saturated rings. The molecule has 0 spiro atoms. The standard InChI is InChI=1S/C5H8O2.Mo/c1-3-5(7)4(2)6;/h3H2,1-2H3;. The maximum atomic E-state index is 10.2. The predicted molar refractivity (Wildman–Crippen MR) is 26.0 cm³/mol. The summed E-state index contributed by atoms with van der Waals surface area (Å²) in [4.78, 5) is 20.2. The van der Waals surface area contributed by atoms with Crippen molar-refractivity contribution < 1.29 is 30.7 Å². The minimum Gasteiger partial charge on any atom is -0.291 e. The Hall–Kier alpha value is 0.0283. The van der Waals surface area contributed by atoms with E-state index in [0.29, 0.717) is 6.42 Å². The van der Waals surface area contributed by atoms with Gasteiger partial charge in [-0.05, 0) is 0 Å². The zero-order valence-electron chi connectivity index (χ0n) is 4.93. The van der Waals surface area contributed by atoms with Gasteiger partial charge in [0.15, 0.2) is 11.6 Å². The average Bonchev–Trinajstić information content (AvgIpc) is 1.65. The summed E-state index contributed by atoms with van der Waals surface area (Å²) in [5.41, 5.74) is 0. The third kappa shape index (κ3) is 4.19. The molecule has 0 unspecified atom stereocenters. The first-order chi connectivity index (χ1) is 3.18. The summed E-state index contributed by atoms with van der Waals surface area (Å²) in [6, 6.07) is 0. The molecule has 46 valence electrons. The Bertz CT molecular complexity index is 98.6. The molecule has 0 saturated heterocycles. The van der Waals surface area contributed by atoms with E-state index >= 15 is 0 Å². The minimum absolute atomic E-state index is 0. The Morgan fingerprint density at radius 2 is 1.75 bits per heavy atom. The van der Waals surface area contributed by atoms with Gasteiger partial charge in [-0.25, -0.2) is 0 Å². The van der Waals surface area contributed by atoms with Gasteiger partial charge in [0.1, 0.15) is 0 Å². The van der Waals surface area contributed by atoms with Gasteiger partial charge in [-0.15, -0.1) is 0 Å². The second kappa shape index (κ2) is 5.17. The van der Waals surface area contributed by atoms with Crippen molar-refractivity contribution in [1.29, 1.82) is 0 Å². The average molecular weight is 196 g/mol. The van der Waals surface area contributed by atoms with E-state index in [9.17, 15) is 9.59 Å². The number of hydrogen-bond donors (Lipinski definition) is 0. The maximum absolute atomic E-state index is 10.2. The van der Waals surface area contributed by atoms with Crippen LogP contribution in [-0.4, -0.2) is 11.6 Å². The van der Waals surface area contributed by atoms with Crippen molar-refractivity contribution >= 4 is 11.6 Å². The predicted octanol–water partition coefficient (Wildman–Crippen LogP) is 0.552. The largest absolute Gasteiger partial charge is 0.291 e. The van der Waals surface area contributed by atoms with Gasteiger partial charge in [0, 0.05) is 34.4 Å². The molecule has 3 heteroatoms. The molecule has 0 aliphatic heterocycles. The van der Waals surface area contributed by atoms with Gasteiger partial charge in [-0.3, -0.25) is 9.59 Å². The Balaban J connectivity index is 0. The molecule has 0 aromatic rings. The molecule has 0 rings (SSSR count). The van der Waals surface area contributed by atoms with E-state index < -0.39 is 0 Å². The maximum Gasteiger partial charge on any atom is 0.197 e. The van der Waals surface area contributed by atoms with E-state index in [4.69, 9.17) is 0 Å². The van der Waals surface area contributed by atoms with Crippen LogP contribution in [0.5, 0.6) is 0 Å². The fraction of sp³-hybridized carbons (Fsp3) is 0.600. The zero-order valence-corrected chi connectivity index (χ0v) is 6.94. The first kappa shape index (κ1) is 10.9. The van der Waals surface area contributed by atoms with Crippen LogP contribution in [0.25, 0.3) is 0 Å². The third-order valence-corrected chi connectivity index (χ3v) is 0.714. The molecule has 0 aliphatic rings. The van der Waals surface area contributed by atoms with Crippen LogP contribution in [0.1, 0.15) is 20.3 Å². The minimum atomic E-state index is -0.345. The van der Waals surface area contributed by atoms with Crippen molar-refractivity contribution in [2.45, 2.75) is 20.3 Å². The molecule has 2 nitrogen and oxygen atoms in total. The van der Waals surface area contributed by atoms with Crippen molar-refractivity contribution in [3.05, 3.63) is 0 Å². The monoisotopic (exact) mass is 198 g/mol. The zero-order chi connectivity index (χ0) is 5.86. The first-order valence-electron chi connectivity index (χ1n) is 2.22. The number of rotatable bonds is 2. The third-order valence-electron chi connectivity index (χ3n) is 0.714. The van der Waals surface area contributed by atoms with Crippen molar-refractivity contribution in [3.8, 4) is 0 Å². The molecule has 0 radical (unpaired) electrons. The van der Waals surface area contributed by atoms with Crippen LogP contribution >= 0.6 is 0 Å². The Labute approximate surface area is 62.9 Å².